The first kappa shape index (κ1) is 15.0. The molecule has 0 aliphatic carbocycles. The minimum absolute atomic E-state index is 0.382. The number of hydrogen-bond acceptors (Lipinski definition) is 3. The molecule has 0 unspecified atom stereocenters. The lowest BCUT2D eigenvalue weighted by Crippen LogP contribution is -2.27. The van der Waals surface area contributed by atoms with Crippen LogP contribution in [0.5, 0.6) is 0 Å². The molecule has 0 saturated heterocycles. The van der Waals surface area contributed by atoms with E-state index < -0.39 is 11.4 Å². The Kier molecular flexibility index (Phi) is 4.23. The summed E-state index contributed by atoms with van der Waals surface area (Å²) in [6, 6.07) is 12.7. The number of hydrogen-bond donors (Lipinski definition) is 1. The van der Waals surface area contributed by atoms with E-state index in [2.05, 4.69) is 17.0 Å². The van der Waals surface area contributed by atoms with Crippen molar-refractivity contribution in [1.29, 1.82) is 0 Å². The Morgan fingerprint density at radius 1 is 1.09 bits per heavy atom. The molecule has 0 bridgehead atoms. The molecule has 3 aromatic rings. The Hall–Kier alpha value is -2.89. The molecule has 3 rings (SSSR count). The van der Waals surface area contributed by atoms with Crippen molar-refractivity contribution in [2.45, 2.75) is 26.2 Å². The third-order valence-corrected chi connectivity index (χ3v) is 3.69. The van der Waals surface area contributed by atoms with Gasteiger partial charge in [0.25, 0.3) is 0 Å². The van der Waals surface area contributed by atoms with E-state index in [0.29, 0.717) is 11.5 Å². The van der Waals surface area contributed by atoms with Gasteiger partial charge >= 0.3 is 11.4 Å². The molecule has 118 valence electrons. The molecule has 0 atom stereocenters. The third-order valence-electron chi connectivity index (χ3n) is 3.69. The molecule has 0 spiro atoms. The molecule has 0 amide bonds. The van der Waals surface area contributed by atoms with Gasteiger partial charge < -0.3 is 0 Å². The fourth-order valence-electron chi connectivity index (χ4n) is 2.44. The number of nitrogens with zero attached hydrogens (tertiary/aromatic N) is 3. The predicted octanol–water partition coefficient (Wildman–Crippen LogP) is 2.05. The zero-order chi connectivity index (χ0) is 16.2. The summed E-state index contributed by atoms with van der Waals surface area (Å²) in [6.45, 7) is 2.15. The Balaban J connectivity index is 1.99. The summed E-state index contributed by atoms with van der Waals surface area (Å²) >= 11 is 0. The molecule has 6 nitrogen and oxygen atoms in total. The molecule has 0 radical (unpaired) electrons. The fraction of sp³-hybridized carbons (Fsp3) is 0.235. The van der Waals surface area contributed by atoms with Crippen molar-refractivity contribution < 1.29 is 0 Å². The van der Waals surface area contributed by atoms with E-state index in [9.17, 15) is 9.59 Å². The van der Waals surface area contributed by atoms with Gasteiger partial charge in [-0.1, -0.05) is 31.5 Å². The average molecular weight is 310 g/mol. The number of benzene rings is 1. The van der Waals surface area contributed by atoms with Gasteiger partial charge in [-0.15, -0.1) is 0 Å². The second kappa shape index (κ2) is 6.48. The normalized spacial score (nSPS) is 10.8. The van der Waals surface area contributed by atoms with Crippen LogP contribution in [0.1, 0.15) is 25.3 Å². The van der Waals surface area contributed by atoms with Gasteiger partial charge in [0.05, 0.1) is 5.69 Å². The van der Waals surface area contributed by atoms with Gasteiger partial charge in [0.1, 0.15) is 0 Å². The zero-order valence-electron chi connectivity index (χ0n) is 12.9. The second-order valence-electron chi connectivity index (χ2n) is 5.33. The summed E-state index contributed by atoms with van der Waals surface area (Å²) in [7, 11) is 0. The largest absolute Gasteiger partial charge is 0.357 e. The molecule has 2 heterocycles. The quantitative estimate of drug-likeness (QED) is 0.784. The van der Waals surface area contributed by atoms with Crippen molar-refractivity contribution in [1.82, 2.24) is 19.3 Å². The van der Waals surface area contributed by atoms with Crippen LogP contribution in [0.2, 0.25) is 0 Å². The van der Waals surface area contributed by atoms with Crippen molar-refractivity contribution in [2.24, 2.45) is 0 Å². The van der Waals surface area contributed by atoms with Gasteiger partial charge in [-0.2, -0.15) is 4.68 Å². The number of unbranched alkanes of at least 4 members (excludes halogenated alkanes) is 1. The first-order valence-corrected chi connectivity index (χ1v) is 7.65. The maximum atomic E-state index is 12.5. The summed E-state index contributed by atoms with van der Waals surface area (Å²) in [5.41, 5.74) is 0.799. The lowest BCUT2D eigenvalue weighted by molar-refractivity contribution is 0.793. The minimum atomic E-state index is -0.484. The molecule has 6 heteroatoms. The van der Waals surface area contributed by atoms with Crippen molar-refractivity contribution in [3.8, 4) is 11.5 Å². The highest BCUT2D eigenvalue weighted by Crippen LogP contribution is 2.09. The van der Waals surface area contributed by atoms with Gasteiger partial charge in [0.15, 0.2) is 5.82 Å². The first-order valence-electron chi connectivity index (χ1n) is 7.65. The Bertz CT molecular complexity index is 889. The topological polar surface area (TPSA) is 72.7 Å². The van der Waals surface area contributed by atoms with Crippen molar-refractivity contribution in [3.05, 3.63) is 75.2 Å². The number of aryl methyl sites for hydroxylation is 1. The molecular weight excluding hydrogens is 292 g/mol. The van der Waals surface area contributed by atoms with Crippen molar-refractivity contribution >= 4 is 0 Å². The summed E-state index contributed by atoms with van der Waals surface area (Å²) in [5.74, 6) is 0.382. The van der Waals surface area contributed by atoms with E-state index in [0.717, 1.165) is 28.5 Å². The van der Waals surface area contributed by atoms with Gasteiger partial charge in [-0.05, 0) is 42.7 Å². The van der Waals surface area contributed by atoms with Crippen LogP contribution in [0.4, 0.5) is 0 Å². The highest BCUT2D eigenvalue weighted by atomic mass is 16.2. The number of pyridine rings is 1. The Morgan fingerprint density at radius 2 is 1.87 bits per heavy atom. The van der Waals surface area contributed by atoms with E-state index in [1.165, 1.54) is 5.56 Å². The number of rotatable bonds is 5. The highest BCUT2D eigenvalue weighted by molar-refractivity contribution is 5.35. The summed E-state index contributed by atoms with van der Waals surface area (Å²) in [5, 5.41) is 2.53. The molecule has 23 heavy (non-hydrogen) atoms. The predicted molar refractivity (Wildman–Crippen MR) is 88.4 cm³/mol. The highest BCUT2D eigenvalue weighted by Gasteiger charge is 2.12. The summed E-state index contributed by atoms with van der Waals surface area (Å²) in [6.07, 6.45) is 4.82. The second-order valence-corrected chi connectivity index (χ2v) is 5.33. The minimum Gasteiger partial charge on any atom is -0.246 e. The van der Waals surface area contributed by atoms with Crippen LogP contribution >= 0.6 is 0 Å². The van der Waals surface area contributed by atoms with E-state index in [1.807, 2.05) is 12.1 Å². The van der Waals surface area contributed by atoms with Crippen LogP contribution in [0.25, 0.3) is 11.5 Å². The molecule has 1 N–H and O–H groups in total. The Labute approximate surface area is 133 Å². The van der Waals surface area contributed by atoms with Gasteiger partial charge in [-0.3, -0.25) is 0 Å². The van der Waals surface area contributed by atoms with Gasteiger partial charge in [-0.25, -0.2) is 24.2 Å². The summed E-state index contributed by atoms with van der Waals surface area (Å²) < 4.78 is 2.26. The number of aromatic nitrogens is 4. The van der Waals surface area contributed by atoms with Crippen LogP contribution in [-0.2, 0) is 6.42 Å². The number of nitrogens with one attached hydrogen (secondary N) is 1. The van der Waals surface area contributed by atoms with E-state index in [4.69, 9.17) is 0 Å². The number of aromatic amines is 1. The maximum absolute atomic E-state index is 12.5. The van der Waals surface area contributed by atoms with Crippen LogP contribution in [0, 0.1) is 0 Å². The Morgan fingerprint density at radius 3 is 2.52 bits per heavy atom. The monoisotopic (exact) mass is 310 g/mol. The van der Waals surface area contributed by atoms with Crippen molar-refractivity contribution in [2.75, 3.05) is 0 Å². The fourth-order valence-corrected chi connectivity index (χ4v) is 2.44. The van der Waals surface area contributed by atoms with E-state index in [1.54, 1.807) is 36.5 Å². The van der Waals surface area contributed by atoms with Gasteiger partial charge in [0, 0.05) is 6.20 Å². The standard InChI is InChI=1S/C17H18N4O2/c1-2-3-6-13-8-10-14(11-9-13)20-16(22)19-21(17(20)23)15-7-4-5-12-18-15/h4-5,7-12H,2-3,6H2,1H3,(H,19,22). The lowest BCUT2D eigenvalue weighted by atomic mass is 10.1. The molecular formula is C17H18N4O2. The average Bonchev–Trinajstić information content (AvgIpc) is 2.89. The van der Waals surface area contributed by atoms with Crippen LogP contribution < -0.4 is 11.4 Å². The smallest absolute Gasteiger partial charge is 0.246 e. The molecule has 1 aromatic carbocycles. The first-order chi connectivity index (χ1) is 11.2. The van der Waals surface area contributed by atoms with Gasteiger partial charge in [0.2, 0.25) is 0 Å². The third kappa shape index (κ3) is 3.01. The maximum Gasteiger partial charge on any atom is 0.357 e. The van der Waals surface area contributed by atoms with E-state index >= 15 is 0 Å². The molecule has 0 saturated carbocycles. The zero-order valence-corrected chi connectivity index (χ0v) is 12.9. The molecule has 0 aliphatic rings. The van der Waals surface area contributed by atoms with E-state index in [-0.39, 0.29) is 0 Å². The number of H-pyrrole nitrogens is 1. The van der Waals surface area contributed by atoms with Crippen molar-refractivity contribution in [3.63, 3.8) is 0 Å². The SMILES string of the molecule is CCCCc1ccc(-n2c(=O)[nH]n(-c3ccccn3)c2=O)cc1. The molecule has 0 aliphatic heterocycles. The molecule has 2 aromatic heterocycles. The molecule has 0 fully saturated rings. The summed E-state index contributed by atoms with van der Waals surface area (Å²) in [4.78, 5) is 28.7. The van der Waals surface area contributed by atoms with Crippen LogP contribution in [0.15, 0.2) is 58.3 Å². The van der Waals surface area contributed by atoms with Crippen LogP contribution in [-0.4, -0.2) is 19.3 Å². The lowest BCUT2D eigenvalue weighted by Gasteiger charge is -2.03. The van der Waals surface area contributed by atoms with Crippen LogP contribution in [0.3, 0.4) is 0 Å².